The highest BCUT2D eigenvalue weighted by molar-refractivity contribution is 6.31. The first-order chi connectivity index (χ1) is 9.11. The van der Waals surface area contributed by atoms with Crippen LogP contribution in [0.1, 0.15) is 36.0 Å². The van der Waals surface area contributed by atoms with Crippen LogP contribution in [0.25, 0.3) is 0 Å². The summed E-state index contributed by atoms with van der Waals surface area (Å²) in [6.45, 7) is 0.667. The molecule has 5 heteroatoms. The number of hydrogen-bond donors (Lipinski definition) is 2. The van der Waals surface area contributed by atoms with Gasteiger partial charge in [0.25, 0.3) is 5.91 Å². The van der Waals surface area contributed by atoms with E-state index >= 15 is 0 Å². The van der Waals surface area contributed by atoms with Gasteiger partial charge in [-0.05, 0) is 43.9 Å². The van der Waals surface area contributed by atoms with Gasteiger partial charge in [0, 0.05) is 35.5 Å². The quantitative estimate of drug-likeness (QED) is 0.815. The number of halogens is 1. The molecule has 1 saturated carbocycles. The van der Waals surface area contributed by atoms with Crippen LogP contribution in [-0.4, -0.2) is 35.1 Å². The van der Waals surface area contributed by atoms with E-state index in [9.17, 15) is 4.79 Å². The minimum absolute atomic E-state index is 0.0487. The molecule has 1 fully saturated rings. The van der Waals surface area contributed by atoms with Crippen molar-refractivity contribution in [3.8, 4) is 0 Å². The summed E-state index contributed by atoms with van der Waals surface area (Å²) in [5, 5.41) is 9.42. The fourth-order valence-corrected chi connectivity index (χ4v) is 2.53. The second kappa shape index (κ2) is 6.26. The minimum Gasteiger partial charge on any atom is -0.399 e. The zero-order valence-electron chi connectivity index (χ0n) is 10.8. The third kappa shape index (κ3) is 3.39. The number of hydrogen-bond acceptors (Lipinski definition) is 3. The molecule has 4 nitrogen and oxygen atoms in total. The highest BCUT2D eigenvalue weighted by Crippen LogP contribution is 2.27. The molecule has 0 bridgehead atoms. The van der Waals surface area contributed by atoms with Gasteiger partial charge in [0.15, 0.2) is 0 Å². The maximum absolute atomic E-state index is 12.5. The zero-order chi connectivity index (χ0) is 13.8. The van der Waals surface area contributed by atoms with Crippen LogP contribution in [0.3, 0.4) is 0 Å². The smallest absolute Gasteiger partial charge is 0.254 e. The van der Waals surface area contributed by atoms with Crippen LogP contribution in [0.4, 0.5) is 5.69 Å². The SMILES string of the molecule is Nc1cc(Cl)cc(C(=O)N(CCCO)C2CCC2)c1. The highest BCUT2D eigenvalue weighted by atomic mass is 35.5. The molecule has 0 aliphatic heterocycles. The Balaban J connectivity index is 2.17. The number of carbonyl (C=O) groups is 1. The van der Waals surface area contributed by atoms with Crippen LogP contribution in [-0.2, 0) is 0 Å². The molecule has 0 aromatic heterocycles. The minimum atomic E-state index is -0.0487. The van der Waals surface area contributed by atoms with Crippen molar-refractivity contribution in [3.05, 3.63) is 28.8 Å². The van der Waals surface area contributed by atoms with E-state index in [1.807, 2.05) is 4.90 Å². The number of aliphatic hydroxyl groups excluding tert-OH is 1. The Morgan fingerprint density at radius 1 is 1.42 bits per heavy atom. The average Bonchev–Trinajstić information content (AvgIpc) is 2.29. The van der Waals surface area contributed by atoms with Crippen LogP contribution >= 0.6 is 11.6 Å². The third-order valence-electron chi connectivity index (χ3n) is 3.50. The van der Waals surface area contributed by atoms with Crippen LogP contribution in [0.5, 0.6) is 0 Å². The van der Waals surface area contributed by atoms with Gasteiger partial charge in [-0.1, -0.05) is 11.6 Å². The molecule has 0 saturated heterocycles. The highest BCUT2D eigenvalue weighted by Gasteiger charge is 2.29. The lowest BCUT2D eigenvalue weighted by molar-refractivity contribution is 0.0562. The predicted molar refractivity (Wildman–Crippen MR) is 76.2 cm³/mol. The largest absolute Gasteiger partial charge is 0.399 e. The maximum atomic E-state index is 12.5. The first-order valence-electron chi connectivity index (χ1n) is 6.59. The van der Waals surface area contributed by atoms with Gasteiger partial charge in [-0.2, -0.15) is 0 Å². The normalized spacial score (nSPS) is 15.1. The number of amides is 1. The Hall–Kier alpha value is -1.26. The Bertz CT molecular complexity index is 441. The van der Waals surface area contributed by atoms with Crippen molar-refractivity contribution in [2.24, 2.45) is 0 Å². The van der Waals surface area contributed by atoms with Gasteiger partial charge in [-0.25, -0.2) is 0 Å². The van der Waals surface area contributed by atoms with Crippen LogP contribution in [0.2, 0.25) is 5.02 Å². The molecule has 19 heavy (non-hydrogen) atoms. The number of nitrogen functional groups attached to an aromatic ring is 1. The Labute approximate surface area is 118 Å². The van der Waals surface area contributed by atoms with E-state index in [-0.39, 0.29) is 12.5 Å². The lowest BCUT2D eigenvalue weighted by Crippen LogP contribution is -2.45. The number of nitrogens with zero attached hydrogens (tertiary/aromatic N) is 1. The van der Waals surface area contributed by atoms with E-state index in [0.717, 1.165) is 19.3 Å². The molecular weight excluding hydrogens is 264 g/mol. The average molecular weight is 283 g/mol. The van der Waals surface area contributed by atoms with Crippen molar-refractivity contribution in [1.82, 2.24) is 4.90 Å². The molecule has 1 aliphatic carbocycles. The predicted octanol–water partition coefficient (Wildman–Crippen LogP) is 2.30. The monoisotopic (exact) mass is 282 g/mol. The third-order valence-corrected chi connectivity index (χ3v) is 3.72. The second-order valence-corrected chi connectivity index (χ2v) is 5.37. The van der Waals surface area contributed by atoms with E-state index in [1.54, 1.807) is 18.2 Å². The lowest BCUT2D eigenvalue weighted by Gasteiger charge is -2.37. The van der Waals surface area contributed by atoms with Gasteiger partial charge in [-0.3, -0.25) is 4.79 Å². The summed E-state index contributed by atoms with van der Waals surface area (Å²) in [4.78, 5) is 14.4. The Kier molecular flexibility index (Phi) is 4.66. The summed E-state index contributed by atoms with van der Waals surface area (Å²) in [7, 11) is 0. The number of anilines is 1. The molecule has 2 rings (SSSR count). The molecule has 0 atom stereocenters. The molecule has 3 N–H and O–H groups in total. The maximum Gasteiger partial charge on any atom is 0.254 e. The van der Waals surface area contributed by atoms with Crippen molar-refractivity contribution in [1.29, 1.82) is 0 Å². The summed E-state index contributed by atoms with van der Waals surface area (Å²) in [6.07, 6.45) is 3.82. The fourth-order valence-electron chi connectivity index (χ4n) is 2.29. The summed E-state index contributed by atoms with van der Waals surface area (Å²) in [6, 6.07) is 5.21. The van der Waals surface area contributed by atoms with E-state index in [0.29, 0.717) is 35.3 Å². The van der Waals surface area contributed by atoms with Crippen molar-refractivity contribution >= 4 is 23.2 Å². The van der Waals surface area contributed by atoms with Crippen LogP contribution in [0.15, 0.2) is 18.2 Å². The zero-order valence-corrected chi connectivity index (χ0v) is 11.6. The topological polar surface area (TPSA) is 66.6 Å². The standard InChI is InChI=1S/C14H19ClN2O2/c15-11-7-10(8-12(16)9-11)14(19)17(5-2-6-18)13-3-1-4-13/h7-9,13,18H,1-6,16H2. The first kappa shape index (κ1) is 14.2. The van der Waals surface area contributed by atoms with E-state index in [1.165, 1.54) is 0 Å². The molecule has 1 aromatic rings. The van der Waals surface area contributed by atoms with Gasteiger partial charge in [0.1, 0.15) is 0 Å². The number of aliphatic hydroxyl groups is 1. The molecule has 0 heterocycles. The Morgan fingerprint density at radius 2 is 2.16 bits per heavy atom. The molecule has 1 amide bonds. The number of benzene rings is 1. The van der Waals surface area contributed by atoms with E-state index in [2.05, 4.69) is 0 Å². The molecule has 1 aliphatic rings. The van der Waals surface area contributed by atoms with Gasteiger partial charge < -0.3 is 15.7 Å². The van der Waals surface area contributed by atoms with Crippen molar-refractivity contribution < 1.29 is 9.90 Å². The van der Waals surface area contributed by atoms with Gasteiger partial charge in [0.05, 0.1) is 0 Å². The van der Waals surface area contributed by atoms with E-state index in [4.69, 9.17) is 22.4 Å². The summed E-state index contributed by atoms with van der Waals surface area (Å²) < 4.78 is 0. The molecule has 0 radical (unpaired) electrons. The fraction of sp³-hybridized carbons (Fsp3) is 0.500. The molecule has 0 unspecified atom stereocenters. The number of carbonyl (C=O) groups excluding carboxylic acids is 1. The van der Waals surface area contributed by atoms with Crippen molar-refractivity contribution in [2.45, 2.75) is 31.7 Å². The molecule has 0 spiro atoms. The molecule has 104 valence electrons. The second-order valence-electron chi connectivity index (χ2n) is 4.93. The van der Waals surface area contributed by atoms with Crippen molar-refractivity contribution in [3.63, 3.8) is 0 Å². The van der Waals surface area contributed by atoms with Gasteiger partial charge in [0.2, 0.25) is 0 Å². The van der Waals surface area contributed by atoms with Gasteiger partial charge in [-0.15, -0.1) is 0 Å². The van der Waals surface area contributed by atoms with Gasteiger partial charge >= 0.3 is 0 Å². The van der Waals surface area contributed by atoms with E-state index < -0.39 is 0 Å². The molecule has 1 aromatic carbocycles. The van der Waals surface area contributed by atoms with Crippen LogP contribution in [0, 0.1) is 0 Å². The Morgan fingerprint density at radius 3 is 2.68 bits per heavy atom. The van der Waals surface area contributed by atoms with Crippen LogP contribution < -0.4 is 5.73 Å². The molecular formula is C14H19ClN2O2. The number of rotatable bonds is 5. The summed E-state index contributed by atoms with van der Waals surface area (Å²) in [5.74, 6) is -0.0487. The first-order valence-corrected chi connectivity index (χ1v) is 6.97. The summed E-state index contributed by atoms with van der Waals surface area (Å²) in [5.41, 5.74) is 6.74. The number of nitrogens with two attached hydrogens (primary N) is 1. The summed E-state index contributed by atoms with van der Waals surface area (Å²) >= 11 is 5.94. The lowest BCUT2D eigenvalue weighted by atomic mass is 9.90. The van der Waals surface area contributed by atoms with Crippen molar-refractivity contribution in [2.75, 3.05) is 18.9 Å².